The van der Waals surface area contributed by atoms with Crippen LogP contribution >= 0.6 is 11.6 Å². The largest absolute Gasteiger partial charge is 0.419 e. The van der Waals surface area contributed by atoms with Crippen LogP contribution in [0.4, 0.5) is 23.4 Å². The normalized spacial score (nSPS) is 13.1. The molecule has 13 heteroatoms. The third-order valence-corrected chi connectivity index (χ3v) is 4.88. The number of aromatic nitrogens is 5. The Balaban J connectivity index is 1.95. The van der Waals surface area contributed by atoms with Gasteiger partial charge in [0.15, 0.2) is 23.4 Å². The van der Waals surface area contributed by atoms with E-state index in [0.717, 1.165) is 0 Å². The lowest BCUT2D eigenvalue weighted by Crippen LogP contribution is -2.25. The van der Waals surface area contributed by atoms with Crippen LogP contribution in [-0.2, 0) is 9.53 Å². The first-order chi connectivity index (χ1) is 14.8. The maximum absolute atomic E-state index is 15.2. The number of rotatable bonds is 6. The van der Waals surface area contributed by atoms with Gasteiger partial charge >= 0.3 is 6.18 Å². The van der Waals surface area contributed by atoms with E-state index in [9.17, 15) is 18.0 Å². The van der Waals surface area contributed by atoms with E-state index >= 15 is 4.39 Å². The lowest BCUT2D eigenvalue weighted by atomic mass is 9.99. The van der Waals surface area contributed by atoms with Crippen molar-refractivity contribution in [2.45, 2.75) is 19.2 Å². The molecule has 0 spiro atoms. The van der Waals surface area contributed by atoms with Crippen LogP contribution < -0.4 is 5.32 Å². The molecule has 2 N–H and O–H groups in total. The van der Waals surface area contributed by atoms with Gasteiger partial charge in [0.05, 0.1) is 40.4 Å². The van der Waals surface area contributed by atoms with E-state index in [1.807, 2.05) is 0 Å². The van der Waals surface area contributed by atoms with Crippen molar-refractivity contribution in [2.75, 3.05) is 11.9 Å². The number of hydrogen-bond acceptors (Lipinski definition) is 5. The number of anilines is 1. The molecule has 31 heavy (non-hydrogen) atoms. The van der Waals surface area contributed by atoms with Crippen LogP contribution in [0.1, 0.15) is 18.6 Å². The highest BCUT2D eigenvalue weighted by atomic mass is 35.5. The number of nitrogens with one attached hydrogen (secondary N) is 2. The van der Waals surface area contributed by atoms with Gasteiger partial charge in [0.25, 0.3) is 0 Å². The van der Waals surface area contributed by atoms with Crippen LogP contribution in [0.15, 0.2) is 24.8 Å². The summed E-state index contributed by atoms with van der Waals surface area (Å²) in [4.78, 5) is 18.9. The second-order valence-corrected chi connectivity index (χ2v) is 6.76. The summed E-state index contributed by atoms with van der Waals surface area (Å²) in [7, 11) is 0. The van der Waals surface area contributed by atoms with Crippen molar-refractivity contribution in [1.82, 2.24) is 24.6 Å². The minimum atomic E-state index is -4.88. The van der Waals surface area contributed by atoms with E-state index < -0.39 is 28.7 Å². The highest BCUT2D eigenvalue weighted by molar-refractivity contribution is 6.35. The zero-order chi connectivity index (χ0) is 22.3. The van der Waals surface area contributed by atoms with Gasteiger partial charge < -0.3 is 14.5 Å². The summed E-state index contributed by atoms with van der Waals surface area (Å²) in [6, 6.07) is 0. The standard InChI is InChI=1S/C18H13ClF4N6O2/c1-2-31-17(18(21,22)23)13-15(20)14(19)12(8-3-26-28-16(8)13)9-5-29-6-10(25-7-30)27-11(29)4-24-9/h3-7,17H,2H2,1H3,(H,25,30)(H,26,28). The third-order valence-electron chi connectivity index (χ3n) is 4.52. The van der Waals surface area contributed by atoms with Crippen LogP contribution in [-0.4, -0.2) is 43.8 Å². The number of alkyl halides is 3. The molecule has 1 aromatic carbocycles. The summed E-state index contributed by atoms with van der Waals surface area (Å²) in [5, 5.41) is 8.15. The number of carbonyl (C=O) groups is 1. The molecule has 0 saturated carbocycles. The average molecular weight is 457 g/mol. The molecule has 0 saturated heterocycles. The van der Waals surface area contributed by atoms with Gasteiger partial charge in [0, 0.05) is 23.8 Å². The van der Waals surface area contributed by atoms with E-state index in [2.05, 4.69) is 25.5 Å². The van der Waals surface area contributed by atoms with E-state index in [1.165, 1.54) is 36.1 Å². The van der Waals surface area contributed by atoms with Crippen LogP contribution in [0.2, 0.25) is 5.02 Å². The second kappa shape index (κ2) is 7.78. The third kappa shape index (κ3) is 3.57. The molecule has 0 fully saturated rings. The first-order valence-electron chi connectivity index (χ1n) is 8.83. The number of benzene rings is 1. The maximum atomic E-state index is 15.2. The minimum absolute atomic E-state index is 0.0459. The van der Waals surface area contributed by atoms with Gasteiger partial charge in [-0.25, -0.2) is 9.37 Å². The highest BCUT2D eigenvalue weighted by Crippen LogP contribution is 2.45. The molecule has 0 aliphatic carbocycles. The summed E-state index contributed by atoms with van der Waals surface area (Å²) in [5.74, 6) is -1.04. The zero-order valence-corrected chi connectivity index (χ0v) is 16.4. The van der Waals surface area contributed by atoms with Crippen molar-refractivity contribution in [3.05, 3.63) is 41.2 Å². The fraction of sp³-hybridized carbons (Fsp3) is 0.222. The van der Waals surface area contributed by atoms with Crippen molar-refractivity contribution in [3.63, 3.8) is 0 Å². The predicted octanol–water partition coefficient (Wildman–Crippen LogP) is 4.27. The molecule has 0 bridgehead atoms. The Hall–Kier alpha value is -3.25. The molecule has 1 atom stereocenters. The van der Waals surface area contributed by atoms with Crippen molar-refractivity contribution in [2.24, 2.45) is 0 Å². The molecule has 4 aromatic rings. The lowest BCUT2D eigenvalue weighted by molar-refractivity contribution is -0.223. The Morgan fingerprint density at radius 3 is 2.81 bits per heavy atom. The van der Waals surface area contributed by atoms with Gasteiger partial charge in [-0.05, 0) is 6.92 Å². The molecule has 162 valence electrons. The molecule has 4 rings (SSSR count). The number of hydrogen-bond donors (Lipinski definition) is 2. The Morgan fingerprint density at radius 1 is 1.35 bits per heavy atom. The van der Waals surface area contributed by atoms with E-state index in [-0.39, 0.29) is 34.6 Å². The van der Waals surface area contributed by atoms with Crippen LogP contribution in [0.25, 0.3) is 27.8 Å². The number of H-pyrrole nitrogens is 1. The average Bonchev–Trinajstić information content (AvgIpc) is 3.33. The van der Waals surface area contributed by atoms with Crippen molar-refractivity contribution in [3.8, 4) is 11.3 Å². The van der Waals surface area contributed by atoms with Crippen molar-refractivity contribution >= 4 is 40.4 Å². The lowest BCUT2D eigenvalue weighted by Gasteiger charge is -2.23. The molecule has 0 aliphatic heterocycles. The van der Waals surface area contributed by atoms with Crippen LogP contribution in [0, 0.1) is 5.82 Å². The van der Waals surface area contributed by atoms with Crippen molar-refractivity contribution in [1.29, 1.82) is 0 Å². The summed E-state index contributed by atoms with van der Waals surface area (Å²) >= 11 is 6.21. The quantitative estimate of drug-likeness (QED) is 0.333. The van der Waals surface area contributed by atoms with Crippen LogP contribution in [0.3, 0.4) is 0 Å². The molecule has 0 aliphatic rings. The Bertz CT molecular complexity index is 1290. The maximum Gasteiger partial charge on any atom is 0.419 e. The molecule has 1 amide bonds. The van der Waals surface area contributed by atoms with Gasteiger partial charge in [-0.1, -0.05) is 11.6 Å². The van der Waals surface area contributed by atoms with Gasteiger partial charge in [-0.15, -0.1) is 0 Å². The van der Waals surface area contributed by atoms with Gasteiger partial charge in [-0.3, -0.25) is 14.9 Å². The monoisotopic (exact) mass is 456 g/mol. The van der Waals surface area contributed by atoms with Crippen LogP contribution in [0.5, 0.6) is 0 Å². The first-order valence-corrected chi connectivity index (χ1v) is 9.21. The highest BCUT2D eigenvalue weighted by Gasteiger charge is 2.45. The summed E-state index contributed by atoms with van der Waals surface area (Å²) in [6.07, 6.45) is -1.45. The summed E-state index contributed by atoms with van der Waals surface area (Å²) in [6.45, 7) is 1.07. The number of ether oxygens (including phenoxy) is 1. The van der Waals surface area contributed by atoms with E-state index in [4.69, 9.17) is 16.3 Å². The smallest absolute Gasteiger partial charge is 0.364 e. The van der Waals surface area contributed by atoms with Crippen molar-refractivity contribution < 1.29 is 27.1 Å². The zero-order valence-electron chi connectivity index (χ0n) is 15.7. The predicted molar refractivity (Wildman–Crippen MR) is 103 cm³/mol. The van der Waals surface area contributed by atoms with Gasteiger partial charge in [-0.2, -0.15) is 18.3 Å². The molecule has 0 radical (unpaired) electrons. The SMILES string of the molecule is CCOC(c1c(F)c(Cl)c(-c2cn3cc(NC=O)nc3cn2)c2cn[nH]c12)C(F)(F)F. The topological polar surface area (TPSA) is 97.2 Å². The van der Waals surface area contributed by atoms with E-state index in [1.54, 1.807) is 0 Å². The number of carbonyl (C=O) groups excluding carboxylic acids is 1. The molecule has 8 nitrogen and oxygen atoms in total. The number of fused-ring (bicyclic) bond motifs is 2. The van der Waals surface area contributed by atoms with E-state index in [0.29, 0.717) is 12.1 Å². The first kappa shape index (κ1) is 21.0. The Labute approximate surface area is 176 Å². The second-order valence-electron chi connectivity index (χ2n) is 6.38. The van der Waals surface area contributed by atoms with Gasteiger partial charge in [0.2, 0.25) is 6.41 Å². The molecule has 1 unspecified atom stereocenters. The number of amides is 1. The number of halogens is 5. The number of nitrogens with zero attached hydrogens (tertiary/aromatic N) is 4. The fourth-order valence-corrected chi connectivity index (χ4v) is 3.60. The molecular formula is C18H13ClF4N6O2. The molecular weight excluding hydrogens is 444 g/mol. The summed E-state index contributed by atoms with van der Waals surface area (Å²) in [5.41, 5.74) is -0.410. The number of aromatic amines is 1. The van der Waals surface area contributed by atoms with Gasteiger partial charge in [0.1, 0.15) is 0 Å². The molecule has 3 heterocycles. The summed E-state index contributed by atoms with van der Waals surface area (Å²) < 4.78 is 62.3. The fourth-order valence-electron chi connectivity index (χ4n) is 3.30. The minimum Gasteiger partial charge on any atom is -0.364 e. The number of imidazole rings is 1. The Morgan fingerprint density at radius 2 is 2.13 bits per heavy atom. The Kier molecular flexibility index (Phi) is 5.27. The molecule has 3 aromatic heterocycles.